The van der Waals surface area contributed by atoms with E-state index in [1.807, 2.05) is 22.7 Å². The smallest absolute Gasteiger partial charge is 0.262 e. The molecule has 4 aromatic rings. The molecule has 302 valence electrons. The third-order valence-electron chi connectivity index (χ3n) is 11.6. The first kappa shape index (κ1) is 42.8. The number of aryl methyl sites for hydroxylation is 2. The van der Waals surface area contributed by atoms with Crippen LogP contribution in [0, 0.1) is 25.7 Å². The summed E-state index contributed by atoms with van der Waals surface area (Å²) in [7, 11) is 0. The Bertz CT molecular complexity index is 1970. The van der Waals surface area contributed by atoms with Crippen molar-refractivity contribution in [2.75, 3.05) is 13.1 Å². The third-order valence-corrected chi connectivity index (χ3v) is 16.2. The highest BCUT2D eigenvalue weighted by molar-refractivity contribution is 7.26. The number of rotatable bonds is 24. The van der Waals surface area contributed by atoms with Gasteiger partial charge in [-0.1, -0.05) is 105 Å². The fraction of sp³-hybridized carbons (Fsp3) is 0.542. The summed E-state index contributed by atoms with van der Waals surface area (Å²) in [5.74, 6) is 0.968. The van der Waals surface area contributed by atoms with Crippen molar-refractivity contribution < 1.29 is 9.59 Å². The summed E-state index contributed by atoms with van der Waals surface area (Å²) in [5.41, 5.74) is 3.24. The molecule has 0 bridgehead atoms. The van der Waals surface area contributed by atoms with Gasteiger partial charge in [0.2, 0.25) is 0 Å². The summed E-state index contributed by atoms with van der Waals surface area (Å²) < 4.78 is 0. The minimum Gasteiger partial charge on any atom is -0.305 e. The molecule has 0 aromatic carbocycles. The largest absolute Gasteiger partial charge is 0.305 e. The zero-order valence-corrected chi connectivity index (χ0v) is 38.1. The van der Waals surface area contributed by atoms with Crippen LogP contribution in [0.2, 0.25) is 0 Å². The van der Waals surface area contributed by atoms with Gasteiger partial charge in [-0.2, -0.15) is 0 Å². The van der Waals surface area contributed by atoms with Crippen LogP contribution < -0.4 is 0 Å². The standard InChI is InChI=1S/C48H64N2O2S4/c1-7-11-15-17-21-35(19-13-9-3)31-49-45-43(41-26-24-34(6)54-41)47(51)50(32-36(20-14-10-4)22-18-16-12-8-2)46(45)44(48(49)52)42-30-29-40(56-42)39-28-27-38(55-39)37-25-23-33(5)53-37/h23-30,35-36H,7-22,31-32H2,1-6H3. The number of hydrogen-bond donors (Lipinski definition) is 0. The van der Waals surface area contributed by atoms with Crippen molar-refractivity contribution >= 4 is 68.3 Å². The number of unbranched alkanes of at least 4 members (excludes halogenated alkanes) is 8. The monoisotopic (exact) mass is 828 g/mol. The lowest BCUT2D eigenvalue weighted by Gasteiger charge is -2.27. The quantitative estimate of drug-likeness (QED) is 0.0660. The van der Waals surface area contributed by atoms with Crippen LogP contribution in [-0.2, 0) is 9.59 Å². The molecule has 0 saturated carbocycles. The van der Waals surface area contributed by atoms with Gasteiger partial charge in [0.05, 0.1) is 22.5 Å². The van der Waals surface area contributed by atoms with Crippen LogP contribution in [0.4, 0.5) is 0 Å². The first-order chi connectivity index (χ1) is 27.3. The van der Waals surface area contributed by atoms with Crippen molar-refractivity contribution in [2.45, 2.75) is 144 Å². The second-order valence-electron chi connectivity index (χ2n) is 16.1. The van der Waals surface area contributed by atoms with E-state index in [-0.39, 0.29) is 11.8 Å². The number of carbonyl (C=O) groups is 2. The lowest BCUT2D eigenvalue weighted by Crippen LogP contribution is -2.32. The molecule has 2 unspecified atom stereocenters. The van der Waals surface area contributed by atoms with Crippen LogP contribution in [0.5, 0.6) is 0 Å². The van der Waals surface area contributed by atoms with E-state index in [0.29, 0.717) is 24.9 Å². The van der Waals surface area contributed by atoms with Gasteiger partial charge in [-0.15, -0.1) is 45.3 Å². The van der Waals surface area contributed by atoms with Gasteiger partial charge < -0.3 is 9.80 Å². The zero-order valence-electron chi connectivity index (χ0n) is 34.8. The van der Waals surface area contributed by atoms with Gasteiger partial charge >= 0.3 is 0 Å². The number of carbonyl (C=O) groups excluding carboxylic acids is 2. The van der Waals surface area contributed by atoms with Gasteiger partial charge in [-0.25, -0.2) is 0 Å². The maximum Gasteiger partial charge on any atom is 0.262 e. The molecule has 2 amide bonds. The maximum absolute atomic E-state index is 15.3. The Balaban J connectivity index is 1.44. The predicted octanol–water partition coefficient (Wildman–Crippen LogP) is 15.2. The Labute approximate surface area is 353 Å². The molecule has 4 aromatic heterocycles. The molecule has 6 heterocycles. The average Bonchev–Trinajstić information content (AvgIpc) is 4.06. The summed E-state index contributed by atoms with van der Waals surface area (Å²) in [6, 6.07) is 17.5. The summed E-state index contributed by atoms with van der Waals surface area (Å²) in [6.07, 6.45) is 18.9. The van der Waals surface area contributed by atoms with E-state index in [4.69, 9.17) is 0 Å². The Morgan fingerprint density at radius 2 is 0.768 bits per heavy atom. The number of fused-ring (bicyclic) bond motifs is 1. The van der Waals surface area contributed by atoms with Crippen LogP contribution in [-0.4, -0.2) is 34.7 Å². The minimum absolute atomic E-state index is 0.0794. The molecule has 0 saturated heterocycles. The molecular weight excluding hydrogens is 765 g/mol. The van der Waals surface area contributed by atoms with E-state index in [2.05, 4.69) is 99.9 Å². The molecule has 56 heavy (non-hydrogen) atoms. The zero-order chi connectivity index (χ0) is 39.6. The molecule has 0 aliphatic carbocycles. The van der Waals surface area contributed by atoms with Gasteiger partial charge in [0.25, 0.3) is 11.8 Å². The molecule has 0 spiro atoms. The van der Waals surface area contributed by atoms with Crippen molar-refractivity contribution in [2.24, 2.45) is 11.8 Å². The van der Waals surface area contributed by atoms with Crippen molar-refractivity contribution in [1.29, 1.82) is 0 Å². The highest BCUT2D eigenvalue weighted by atomic mass is 32.1. The fourth-order valence-corrected chi connectivity index (χ4v) is 12.5. The Hall–Kier alpha value is -2.78. The fourth-order valence-electron chi connectivity index (χ4n) is 8.45. The molecule has 0 fully saturated rings. The van der Waals surface area contributed by atoms with Gasteiger partial charge in [0, 0.05) is 52.1 Å². The van der Waals surface area contributed by atoms with E-state index in [1.54, 1.807) is 22.7 Å². The van der Waals surface area contributed by atoms with Crippen molar-refractivity contribution in [1.82, 2.24) is 9.80 Å². The molecule has 2 atom stereocenters. The molecule has 2 aliphatic rings. The SMILES string of the molecule is CCCCCCC(CCCC)CN1C(=O)C(c2ccc(-c3ccc(-c4ccc(C)s4)s3)s2)=C2C1=C(c1ccc(C)s1)C(=O)N2CC(CCCC)CCCCCC. The van der Waals surface area contributed by atoms with Crippen LogP contribution in [0.3, 0.4) is 0 Å². The Morgan fingerprint density at radius 1 is 0.429 bits per heavy atom. The van der Waals surface area contributed by atoms with Crippen LogP contribution in [0.15, 0.2) is 59.9 Å². The normalized spacial score (nSPS) is 15.6. The summed E-state index contributed by atoms with van der Waals surface area (Å²) in [5, 5.41) is 0. The molecule has 0 N–H and O–H groups in total. The molecule has 2 aliphatic heterocycles. The highest BCUT2D eigenvalue weighted by Crippen LogP contribution is 2.51. The third kappa shape index (κ3) is 10.1. The van der Waals surface area contributed by atoms with Gasteiger partial charge in [-0.3, -0.25) is 9.59 Å². The summed E-state index contributed by atoms with van der Waals surface area (Å²) >= 11 is 7.05. The van der Waals surface area contributed by atoms with Crippen molar-refractivity contribution in [3.8, 4) is 19.5 Å². The number of hydrogen-bond acceptors (Lipinski definition) is 6. The number of amides is 2. The molecular formula is C48H64N2O2S4. The molecule has 8 heteroatoms. The molecule has 4 nitrogen and oxygen atoms in total. The van der Waals surface area contributed by atoms with Crippen LogP contribution >= 0.6 is 45.3 Å². The summed E-state index contributed by atoms with van der Waals surface area (Å²) in [6.45, 7) is 14.7. The van der Waals surface area contributed by atoms with Crippen LogP contribution in [0.25, 0.3) is 30.7 Å². The van der Waals surface area contributed by atoms with E-state index < -0.39 is 0 Å². The first-order valence-corrected chi connectivity index (χ1v) is 25.0. The van der Waals surface area contributed by atoms with Crippen molar-refractivity contribution in [3.63, 3.8) is 0 Å². The van der Waals surface area contributed by atoms with Crippen LogP contribution in [0.1, 0.15) is 150 Å². The van der Waals surface area contributed by atoms with E-state index >= 15 is 9.59 Å². The number of thiophene rings is 4. The minimum atomic E-state index is 0.0794. The van der Waals surface area contributed by atoms with E-state index in [0.717, 1.165) is 83.7 Å². The second-order valence-corrected chi connectivity index (χ2v) is 20.9. The number of nitrogens with zero attached hydrogens (tertiary/aromatic N) is 2. The lowest BCUT2D eigenvalue weighted by molar-refractivity contribution is -0.123. The Kier molecular flexibility index (Phi) is 15.9. The van der Waals surface area contributed by atoms with Gasteiger partial charge in [0.15, 0.2) is 0 Å². The van der Waals surface area contributed by atoms with E-state index in [1.165, 1.54) is 80.6 Å². The summed E-state index contributed by atoms with van der Waals surface area (Å²) in [4.78, 5) is 44.0. The first-order valence-electron chi connectivity index (χ1n) is 21.7. The Morgan fingerprint density at radius 3 is 1.18 bits per heavy atom. The predicted molar refractivity (Wildman–Crippen MR) is 246 cm³/mol. The van der Waals surface area contributed by atoms with Gasteiger partial charge in [0.1, 0.15) is 0 Å². The van der Waals surface area contributed by atoms with Gasteiger partial charge in [-0.05, 0) is 99.9 Å². The van der Waals surface area contributed by atoms with Crippen molar-refractivity contribution in [3.05, 3.63) is 79.4 Å². The molecule has 0 radical (unpaired) electrons. The lowest BCUT2D eigenvalue weighted by atomic mass is 9.94. The highest BCUT2D eigenvalue weighted by Gasteiger charge is 2.49. The topological polar surface area (TPSA) is 40.6 Å². The van der Waals surface area contributed by atoms with E-state index in [9.17, 15) is 0 Å². The maximum atomic E-state index is 15.3. The molecule has 6 rings (SSSR count). The second kappa shape index (κ2) is 20.8. The average molecular weight is 829 g/mol.